The van der Waals surface area contributed by atoms with E-state index in [0.29, 0.717) is 30.3 Å². The van der Waals surface area contributed by atoms with E-state index in [9.17, 15) is 4.39 Å². The molecule has 3 aromatic rings. The van der Waals surface area contributed by atoms with Gasteiger partial charge in [0.25, 0.3) is 0 Å². The van der Waals surface area contributed by atoms with Gasteiger partial charge in [-0.3, -0.25) is 0 Å². The van der Waals surface area contributed by atoms with Crippen LogP contribution in [-0.4, -0.2) is 37.3 Å². The van der Waals surface area contributed by atoms with Gasteiger partial charge in [0.05, 0.1) is 26.1 Å². The Morgan fingerprint density at radius 3 is 2.73 bits per heavy atom. The van der Waals surface area contributed by atoms with E-state index < -0.39 is 5.82 Å². The van der Waals surface area contributed by atoms with Crippen molar-refractivity contribution in [2.45, 2.75) is 13.3 Å². The lowest BCUT2D eigenvalue weighted by Crippen LogP contribution is -2.13. The third kappa shape index (κ3) is 4.68. The van der Waals surface area contributed by atoms with Crippen LogP contribution in [0.2, 0.25) is 0 Å². The molecule has 0 aliphatic heterocycles. The molecule has 4 rings (SSSR count). The number of methoxy groups -OCH3 is 2. The summed E-state index contributed by atoms with van der Waals surface area (Å²) in [4.78, 5) is 8.50. The Labute approximate surface area is 192 Å². The van der Waals surface area contributed by atoms with Crippen LogP contribution in [0.5, 0.6) is 11.5 Å². The van der Waals surface area contributed by atoms with Gasteiger partial charge in [-0.05, 0) is 48.7 Å². The first-order valence-corrected chi connectivity index (χ1v) is 10.6. The molecule has 5 N–H and O–H groups in total. The molecule has 33 heavy (non-hydrogen) atoms. The zero-order valence-corrected chi connectivity index (χ0v) is 18.8. The summed E-state index contributed by atoms with van der Waals surface area (Å²) in [5.41, 5.74) is 11.0. The molecule has 1 heterocycles. The minimum Gasteiger partial charge on any atom is -0.496 e. The Morgan fingerprint density at radius 2 is 1.97 bits per heavy atom. The number of rotatable bonds is 9. The summed E-state index contributed by atoms with van der Waals surface area (Å²) in [7, 11) is 3.14. The Bertz CT molecular complexity index is 1200. The highest BCUT2D eigenvalue weighted by Crippen LogP contribution is 2.37. The zero-order valence-electron chi connectivity index (χ0n) is 18.8. The smallest absolute Gasteiger partial charge is 0.229 e. The van der Waals surface area contributed by atoms with Crippen molar-refractivity contribution in [2.75, 3.05) is 43.3 Å². The van der Waals surface area contributed by atoms with Crippen LogP contribution in [0.15, 0.2) is 36.5 Å². The quantitative estimate of drug-likeness (QED) is 0.381. The van der Waals surface area contributed by atoms with Gasteiger partial charge in [-0.25, -0.2) is 9.37 Å². The van der Waals surface area contributed by atoms with Gasteiger partial charge in [-0.15, -0.1) is 0 Å². The summed E-state index contributed by atoms with van der Waals surface area (Å²) in [6.07, 6.45) is 6.10. The molecule has 1 aliphatic carbocycles. The van der Waals surface area contributed by atoms with E-state index in [2.05, 4.69) is 44.1 Å². The molecule has 1 aromatic heterocycles. The number of nitrogens with one attached hydrogen (secondary N) is 3. The lowest BCUT2D eigenvalue weighted by molar-refractivity contribution is 0.390. The molecular formula is C24H27FN6O2. The first kappa shape index (κ1) is 22.3. The van der Waals surface area contributed by atoms with Gasteiger partial charge in [0.2, 0.25) is 5.95 Å². The number of nitrogens with two attached hydrogens (primary N) is 1. The Balaban J connectivity index is 1.63. The van der Waals surface area contributed by atoms with Gasteiger partial charge in [0, 0.05) is 30.0 Å². The highest BCUT2D eigenvalue weighted by Gasteiger charge is 2.17. The molecule has 0 bridgehead atoms. The van der Waals surface area contributed by atoms with Crippen LogP contribution in [0, 0.1) is 12.7 Å². The maximum atomic E-state index is 14.6. The Kier molecular flexibility index (Phi) is 6.60. The van der Waals surface area contributed by atoms with Crippen LogP contribution in [0.25, 0.3) is 6.08 Å². The standard InChI is InChI=1S/C24H27FN6O2/c1-14-21(32-2)8-7-19(22(14)33-3)29-23-18(25)13-28-24(31-23)30-20-12-16(27-10-9-26)11-15-5-4-6-17(15)20/h4-5,7-8,11-13,27H,6,9-10,26H2,1-3H3,(H2,28,29,30,31). The SMILES string of the molecule is COc1ccc(Nc2nc(Nc3cc(NCCN)cc4c3CC=C4)ncc2F)c(OC)c1C. The third-order valence-corrected chi connectivity index (χ3v) is 5.40. The van der Waals surface area contributed by atoms with Crippen molar-refractivity contribution in [3.8, 4) is 11.5 Å². The molecule has 0 unspecified atom stereocenters. The number of fused-ring (bicyclic) bond motifs is 1. The van der Waals surface area contributed by atoms with Crippen molar-refractivity contribution in [1.29, 1.82) is 0 Å². The number of allylic oxidation sites excluding steroid dienone is 1. The number of halogens is 1. The third-order valence-electron chi connectivity index (χ3n) is 5.40. The van der Waals surface area contributed by atoms with Gasteiger partial charge in [0.1, 0.15) is 11.5 Å². The van der Waals surface area contributed by atoms with Gasteiger partial charge >= 0.3 is 0 Å². The number of nitrogens with zero attached hydrogens (tertiary/aromatic N) is 2. The van der Waals surface area contributed by atoms with E-state index in [0.717, 1.165) is 40.7 Å². The maximum Gasteiger partial charge on any atom is 0.229 e. The average Bonchev–Trinajstić information content (AvgIpc) is 3.29. The van der Waals surface area contributed by atoms with E-state index in [-0.39, 0.29) is 11.8 Å². The van der Waals surface area contributed by atoms with E-state index in [1.165, 1.54) is 0 Å². The predicted molar refractivity (Wildman–Crippen MR) is 130 cm³/mol. The van der Waals surface area contributed by atoms with E-state index in [4.69, 9.17) is 15.2 Å². The van der Waals surface area contributed by atoms with Crippen LogP contribution < -0.4 is 31.2 Å². The molecule has 0 radical (unpaired) electrons. The fourth-order valence-electron chi connectivity index (χ4n) is 3.82. The van der Waals surface area contributed by atoms with Crippen LogP contribution in [0.3, 0.4) is 0 Å². The van der Waals surface area contributed by atoms with E-state index in [1.54, 1.807) is 26.4 Å². The summed E-state index contributed by atoms with van der Waals surface area (Å²) < 4.78 is 25.4. The fourth-order valence-corrected chi connectivity index (χ4v) is 3.82. The molecule has 1 aliphatic rings. The van der Waals surface area contributed by atoms with Crippen molar-refractivity contribution in [3.63, 3.8) is 0 Å². The molecule has 0 spiro atoms. The van der Waals surface area contributed by atoms with Crippen LogP contribution in [-0.2, 0) is 6.42 Å². The minimum atomic E-state index is -0.582. The summed E-state index contributed by atoms with van der Waals surface area (Å²) in [6.45, 7) is 3.05. The van der Waals surface area contributed by atoms with E-state index in [1.807, 2.05) is 13.0 Å². The molecule has 0 atom stereocenters. The first-order valence-electron chi connectivity index (χ1n) is 10.6. The number of benzene rings is 2. The number of ether oxygens (including phenoxy) is 2. The molecule has 2 aromatic carbocycles. The second-order valence-electron chi connectivity index (χ2n) is 7.53. The summed E-state index contributed by atoms with van der Waals surface area (Å²) in [5.74, 6) is 0.940. The van der Waals surface area contributed by atoms with Crippen LogP contribution in [0.4, 0.5) is 33.2 Å². The molecule has 8 nitrogen and oxygen atoms in total. The summed E-state index contributed by atoms with van der Waals surface area (Å²) in [6, 6.07) is 7.60. The first-order chi connectivity index (χ1) is 16.0. The molecule has 0 fully saturated rings. The molecule has 172 valence electrons. The largest absolute Gasteiger partial charge is 0.496 e. The number of aromatic nitrogens is 2. The van der Waals surface area contributed by atoms with Gasteiger partial charge < -0.3 is 31.2 Å². The van der Waals surface area contributed by atoms with Crippen molar-refractivity contribution in [2.24, 2.45) is 5.73 Å². The van der Waals surface area contributed by atoms with Crippen molar-refractivity contribution in [1.82, 2.24) is 9.97 Å². The Hall–Kier alpha value is -3.85. The molecule has 9 heteroatoms. The molecule has 0 saturated heterocycles. The summed E-state index contributed by atoms with van der Waals surface area (Å²) >= 11 is 0. The van der Waals surface area contributed by atoms with Gasteiger partial charge in [0.15, 0.2) is 11.6 Å². The second kappa shape index (κ2) is 9.74. The monoisotopic (exact) mass is 450 g/mol. The fraction of sp³-hybridized carbons (Fsp3) is 0.250. The van der Waals surface area contributed by atoms with Crippen LogP contribution >= 0.6 is 0 Å². The molecule has 0 amide bonds. The average molecular weight is 451 g/mol. The second-order valence-corrected chi connectivity index (χ2v) is 7.53. The number of anilines is 5. The van der Waals surface area contributed by atoms with Crippen molar-refractivity contribution in [3.05, 3.63) is 59.0 Å². The van der Waals surface area contributed by atoms with Crippen molar-refractivity contribution >= 4 is 34.9 Å². The molecular weight excluding hydrogens is 423 g/mol. The number of hydrogen-bond acceptors (Lipinski definition) is 8. The van der Waals surface area contributed by atoms with E-state index >= 15 is 0 Å². The normalized spacial score (nSPS) is 11.8. The minimum absolute atomic E-state index is 0.0301. The lowest BCUT2D eigenvalue weighted by atomic mass is 10.1. The topological polar surface area (TPSA) is 106 Å². The van der Waals surface area contributed by atoms with Gasteiger partial charge in [-0.2, -0.15) is 4.98 Å². The Morgan fingerprint density at radius 1 is 1.12 bits per heavy atom. The highest BCUT2D eigenvalue weighted by atomic mass is 19.1. The lowest BCUT2D eigenvalue weighted by Gasteiger charge is -2.17. The molecule has 0 saturated carbocycles. The highest BCUT2D eigenvalue weighted by molar-refractivity contribution is 5.77. The van der Waals surface area contributed by atoms with Crippen molar-refractivity contribution < 1.29 is 13.9 Å². The maximum absolute atomic E-state index is 14.6. The summed E-state index contributed by atoms with van der Waals surface area (Å²) in [5, 5.41) is 9.55. The zero-order chi connectivity index (χ0) is 23.4. The van der Waals surface area contributed by atoms with Crippen LogP contribution in [0.1, 0.15) is 16.7 Å². The number of hydrogen-bond donors (Lipinski definition) is 4. The van der Waals surface area contributed by atoms with Gasteiger partial charge in [-0.1, -0.05) is 12.2 Å². The predicted octanol–water partition coefficient (Wildman–Crippen LogP) is 4.37.